The minimum absolute atomic E-state index is 0.275. The summed E-state index contributed by atoms with van der Waals surface area (Å²) in [4.78, 5) is 23.3. The summed E-state index contributed by atoms with van der Waals surface area (Å²) >= 11 is 3.35. The molecule has 0 aliphatic heterocycles. The van der Waals surface area contributed by atoms with E-state index < -0.39 is 5.97 Å². The van der Waals surface area contributed by atoms with Crippen LogP contribution in [0, 0.1) is 0 Å². The van der Waals surface area contributed by atoms with E-state index in [-0.39, 0.29) is 18.1 Å². The fourth-order valence-corrected chi connectivity index (χ4v) is 2.20. The Morgan fingerprint density at radius 1 is 1.27 bits per heavy atom. The van der Waals surface area contributed by atoms with Gasteiger partial charge in [0.25, 0.3) is 5.91 Å². The van der Waals surface area contributed by atoms with Crippen molar-refractivity contribution >= 4 is 27.8 Å². The minimum atomic E-state index is -0.604. The third-order valence-electron chi connectivity index (χ3n) is 2.62. The molecule has 0 saturated carbocycles. The highest BCUT2D eigenvalue weighted by Gasteiger charge is 2.17. The molecule has 0 spiro atoms. The Bertz CT molecular complexity index is 533. The van der Waals surface area contributed by atoms with Gasteiger partial charge < -0.3 is 19.5 Å². The zero-order chi connectivity index (χ0) is 16.5. The number of hydrogen-bond acceptors (Lipinski definition) is 5. The second kappa shape index (κ2) is 9.30. The van der Waals surface area contributed by atoms with Crippen LogP contribution in [0.3, 0.4) is 0 Å². The number of carbonyl (C=O) groups excluding carboxylic acids is 2. The lowest BCUT2D eigenvalue weighted by molar-refractivity contribution is -0.124. The highest BCUT2D eigenvalue weighted by atomic mass is 79.9. The number of amides is 1. The van der Waals surface area contributed by atoms with Crippen LogP contribution in [-0.4, -0.2) is 38.7 Å². The summed E-state index contributed by atoms with van der Waals surface area (Å²) in [6.07, 6.45) is 0.853. The van der Waals surface area contributed by atoms with E-state index in [1.807, 2.05) is 6.92 Å². The molecule has 0 atom stereocenters. The third kappa shape index (κ3) is 5.22. The summed E-state index contributed by atoms with van der Waals surface area (Å²) in [5.41, 5.74) is 0.275. The summed E-state index contributed by atoms with van der Waals surface area (Å²) in [5, 5.41) is 2.55. The minimum Gasteiger partial charge on any atom is -0.493 e. The van der Waals surface area contributed by atoms with Gasteiger partial charge in [-0.05, 0) is 41.4 Å². The normalized spacial score (nSPS) is 10.0. The quantitative estimate of drug-likeness (QED) is 0.708. The molecular formula is C15H20BrNO5. The molecule has 0 fully saturated rings. The third-order valence-corrected chi connectivity index (χ3v) is 3.21. The molecule has 122 valence electrons. The lowest BCUT2D eigenvalue weighted by atomic mass is 10.2. The molecule has 0 aromatic heterocycles. The maximum atomic E-state index is 12.0. The number of rotatable bonds is 8. The number of halogens is 1. The summed E-state index contributed by atoms with van der Waals surface area (Å²) in [5.74, 6) is 0.00878. The van der Waals surface area contributed by atoms with Gasteiger partial charge in [0, 0.05) is 6.54 Å². The summed E-state index contributed by atoms with van der Waals surface area (Å²) in [6.45, 7) is 4.49. The van der Waals surface area contributed by atoms with Gasteiger partial charge in [-0.3, -0.25) is 4.79 Å². The van der Waals surface area contributed by atoms with Crippen molar-refractivity contribution in [3.63, 3.8) is 0 Å². The first-order valence-corrected chi connectivity index (χ1v) is 7.76. The van der Waals surface area contributed by atoms with E-state index >= 15 is 0 Å². The van der Waals surface area contributed by atoms with Gasteiger partial charge in [-0.2, -0.15) is 0 Å². The van der Waals surface area contributed by atoms with Crippen LogP contribution in [-0.2, 0) is 9.53 Å². The Balaban J connectivity index is 2.85. The van der Waals surface area contributed by atoms with E-state index in [4.69, 9.17) is 14.2 Å². The Kier molecular flexibility index (Phi) is 7.73. The molecule has 1 amide bonds. The predicted molar refractivity (Wildman–Crippen MR) is 85.4 cm³/mol. The highest BCUT2D eigenvalue weighted by Crippen LogP contribution is 2.36. The first-order chi connectivity index (χ1) is 10.5. The molecule has 6 nitrogen and oxygen atoms in total. The number of carbonyl (C=O) groups is 2. The Morgan fingerprint density at radius 2 is 2.00 bits per heavy atom. The molecule has 1 aromatic carbocycles. The highest BCUT2D eigenvalue weighted by molar-refractivity contribution is 9.10. The molecule has 0 unspecified atom stereocenters. The van der Waals surface area contributed by atoms with E-state index in [1.54, 1.807) is 13.0 Å². The van der Waals surface area contributed by atoms with Gasteiger partial charge in [-0.25, -0.2) is 4.79 Å². The Hall–Kier alpha value is -1.76. The molecule has 0 saturated heterocycles. The molecule has 0 bridgehead atoms. The smallest absolute Gasteiger partial charge is 0.338 e. The summed E-state index contributed by atoms with van der Waals surface area (Å²) in [7, 11) is 1.49. The van der Waals surface area contributed by atoms with Crippen molar-refractivity contribution < 1.29 is 23.8 Å². The standard InChI is InChI=1S/C15H20BrNO5/c1-4-6-21-14-11(16)7-10(8-12(14)20-3)15(19)22-9-13(18)17-5-2/h7-8H,4-6,9H2,1-3H3,(H,17,18). The molecule has 1 N–H and O–H groups in total. The van der Waals surface area contributed by atoms with E-state index in [9.17, 15) is 9.59 Å². The summed E-state index contributed by atoms with van der Waals surface area (Å²) < 4.78 is 16.4. The number of hydrogen-bond donors (Lipinski definition) is 1. The largest absolute Gasteiger partial charge is 0.493 e. The van der Waals surface area contributed by atoms with Crippen molar-refractivity contribution in [2.75, 3.05) is 26.9 Å². The number of esters is 1. The molecule has 1 rings (SSSR count). The topological polar surface area (TPSA) is 73.9 Å². The molecule has 0 heterocycles. The number of likely N-dealkylation sites (N-methyl/N-ethyl adjacent to an activating group) is 1. The number of ether oxygens (including phenoxy) is 3. The fraction of sp³-hybridized carbons (Fsp3) is 0.467. The van der Waals surface area contributed by atoms with Crippen molar-refractivity contribution in [3.8, 4) is 11.5 Å². The monoisotopic (exact) mass is 373 g/mol. The van der Waals surface area contributed by atoms with E-state index in [2.05, 4.69) is 21.2 Å². The molecule has 1 aromatic rings. The zero-order valence-corrected chi connectivity index (χ0v) is 14.5. The van der Waals surface area contributed by atoms with Crippen molar-refractivity contribution in [2.45, 2.75) is 20.3 Å². The molecule has 0 radical (unpaired) electrons. The van der Waals surface area contributed by atoms with Crippen LogP contribution in [0.15, 0.2) is 16.6 Å². The van der Waals surface area contributed by atoms with Crippen molar-refractivity contribution in [1.82, 2.24) is 5.32 Å². The SMILES string of the molecule is CCCOc1c(Br)cc(C(=O)OCC(=O)NCC)cc1OC. The van der Waals surface area contributed by atoms with Crippen LogP contribution in [0.1, 0.15) is 30.6 Å². The van der Waals surface area contributed by atoms with Crippen LogP contribution in [0.5, 0.6) is 11.5 Å². The predicted octanol–water partition coefficient (Wildman–Crippen LogP) is 2.54. The number of nitrogens with one attached hydrogen (secondary N) is 1. The van der Waals surface area contributed by atoms with Crippen molar-refractivity contribution in [1.29, 1.82) is 0 Å². The molecule has 7 heteroatoms. The lowest BCUT2D eigenvalue weighted by Gasteiger charge is -2.13. The number of methoxy groups -OCH3 is 1. The first-order valence-electron chi connectivity index (χ1n) is 6.97. The first kappa shape index (κ1) is 18.3. The van der Waals surface area contributed by atoms with Gasteiger partial charge in [0.1, 0.15) is 0 Å². The van der Waals surface area contributed by atoms with Gasteiger partial charge in [0.2, 0.25) is 0 Å². The van der Waals surface area contributed by atoms with Gasteiger partial charge in [0.05, 0.1) is 23.8 Å². The van der Waals surface area contributed by atoms with E-state index in [1.165, 1.54) is 13.2 Å². The maximum absolute atomic E-state index is 12.0. The van der Waals surface area contributed by atoms with Crippen LogP contribution < -0.4 is 14.8 Å². The Morgan fingerprint density at radius 3 is 2.59 bits per heavy atom. The molecule has 0 aliphatic rings. The Labute approximate surface area is 138 Å². The van der Waals surface area contributed by atoms with E-state index in [0.29, 0.717) is 29.1 Å². The van der Waals surface area contributed by atoms with Crippen LogP contribution >= 0.6 is 15.9 Å². The van der Waals surface area contributed by atoms with Crippen LogP contribution in [0.2, 0.25) is 0 Å². The van der Waals surface area contributed by atoms with Gasteiger partial charge in [0.15, 0.2) is 18.1 Å². The molecule has 22 heavy (non-hydrogen) atoms. The average molecular weight is 374 g/mol. The van der Waals surface area contributed by atoms with Gasteiger partial charge in [-0.15, -0.1) is 0 Å². The second-order valence-electron chi connectivity index (χ2n) is 4.37. The van der Waals surface area contributed by atoms with E-state index in [0.717, 1.165) is 6.42 Å². The number of benzene rings is 1. The zero-order valence-electron chi connectivity index (χ0n) is 12.9. The summed E-state index contributed by atoms with van der Waals surface area (Å²) in [6, 6.07) is 3.10. The van der Waals surface area contributed by atoms with Crippen molar-refractivity contribution in [3.05, 3.63) is 22.2 Å². The molecule has 0 aliphatic carbocycles. The molecular weight excluding hydrogens is 354 g/mol. The fourth-order valence-electron chi connectivity index (χ4n) is 1.64. The van der Waals surface area contributed by atoms with Crippen molar-refractivity contribution in [2.24, 2.45) is 0 Å². The van der Waals surface area contributed by atoms with Gasteiger partial charge >= 0.3 is 5.97 Å². The maximum Gasteiger partial charge on any atom is 0.338 e. The lowest BCUT2D eigenvalue weighted by Crippen LogP contribution is -2.28. The second-order valence-corrected chi connectivity index (χ2v) is 5.22. The van der Waals surface area contributed by atoms with Crippen LogP contribution in [0.25, 0.3) is 0 Å². The van der Waals surface area contributed by atoms with Gasteiger partial charge in [-0.1, -0.05) is 6.92 Å². The van der Waals surface area contributed by atoms with Crippen LogP contribution in [0.4, 0.5) is 0 Å². The average Bonchev–Trinajstić information content (AvgIpc) is 2.51.